The van der Waals surface area contributed by atoms with Crippen LogP contribution in [0.3, 0.4) is 0 Å². The molecule has 1 heterocycles. The van der Waals surface area contributed by atoms with Crippen molar-refractivity contribution in [2.45, 2.75) is 19.4 Å². The molecule has 0 aromatic rings. The van der Waals surface area contributed by atoms with Gasteiger partial charge in [0, 0.05) is 39.8 Å². The summed E-state index contributed by atoms with van der Waals surface area (Å²) in [7, 11) is -1.91. The molecule has 1 N–H and O–H groups in total. The van der Waals surface area contributed by atoms with Crippen molar-refractivity contribution in [3.63, 3.8) is 0 Å². The number of hydrogen-bond acceptors (Lipinski definition) is 5. The van der Waals surface area contributed by atoms with E-state index in [1.807, 2.05) is 18.7 Å². The maximum absolute atomic E-state index is 12.0. The van der Waals surface area contributed by atoms with E-state index in [4.69, 9.17) is 10.00 Å². The lowest BCUT2D eigenvalue weighted by Gasteiger charge is -2.39. The van der Waals surface area contributed by atoms with Gasteiger partial charge in [0.2, 0.25) is 0 Å². The van der Waals surface area contributed by atoms with Crippen molar-refractivity contribution in [3.8, 4) is 6.07 Å². The van der Waals surface area contributed by atoms with Crippen LogP contribution >= 0.6 is 0 Å². The van der Waals surface area contributed by atoms with Gasteiger partial charge in [-0.1, -0.05) is 0 Å². The van der Waals surface area contributed by atoms with Gasteiger partial charge in [-0.3, -0.25) is 4.90 Å². The summed E-state index contributed by atoms with van der Waals surface area (Å²) in [5, 5.41) is 9.07. The van der Waals surface area contributed by atoms with Crippen LogP contribution in [0.2, 0.25) is 0 Å². The Morgan fingerprint density at radius 3 is 2.37 bits per heavy atom. The fourth-order valence-corrected chi connectivity index (χ4v) is 3.09. The van der Waals surface area contributed by atoms with Crippen LogP contribution in [0.5, 0.6) is 0 Å². The van der Waals surface area contributed by atoms with E-state index >= 15 is 0 Å². The van der Waals surface area contributed by atoms with Gasteiger partial charge >= 0.3 is 0 Å². The minimum absolute atomic E-state index is 0.267. The number of rotatable bonds is 6. The molecule has 0 amide bonds. The molecule has 0 bridgehead atoms. The molecule has 19 heavy (non-hydrogen) atoms. The molecule has 0 aromatic carbocycles. The Bertz CT molecular complexity index is 422. The number of methoxy groups -OCH3 is 1. The van der Waals surface area contributed by atoms with Gasteiger partial charge in [0.15, 0.2) is 0 Å². The molecule has 0 saturated carbocycles. The van der Waals surface area contributed by atoms with E-state index in [1.54, 1.807) is 0 Å². The molecule has 0 spiro atoms. The molecule has 0 unspecified atom stereocenters. The van der Waals surface area contributed by atoms with E-state index in [-0.39, 0.29) is 6.54 Å². The average Bonchev–Trinajstić information content (AvgIpc) is 2.39. The summed E-state index contributed by atoms with van der Waals surface area (Å²) < 4.78 is 32.6. The van der Waals surface area contributed by atoms with Crippen LogP contribution in [0.15, 0.2) is 0 Å². The molecule has 1 rings (SSSR count). The van der Waals surface area contributed by atoms with Gasteiger partial charge in [-0.25, -0.2) is 0 Å². The van der Waals surface area contributed by atoms with E-state index in [9.17, 15) is 8.42 Å². The van der Waals surface area contributed by atoms with Crippen molar-refractivity contribution in [2.75, 3.05) is 46.4 Å². The highest BCUT2D eigenvalue weighted by atomic mass is 32.2. The third-order valence-corrected chi connectivity index (χ3v) is 4.85. The molecule has 0 aromatic heterocycles. The number of piperazine rings is 1. The maximum atomic E-state index is 12.0. The summed E-state index contributed by atoms with van der Waals surface area (Å²) >= 11 is 0. The predicted molar refractivity (Wildman–Crippen MR) is 71.6 cm³/mol. The first-order valence-electron chi connectivity index (χ1n) is 6.23. The van der Waals surface area contributed by atoms with Gasteiger partial charge < -0.3 is 4.74 Å². The summed E-state index contributed by atoms with van der Waals surface area (Å²) in [6.45, 7) is 6.21. The van der Waals surface area contributed by atoms with Crippen LogP contribution in [0, 0.1) is 11.3 Å². The number of nitrogens with zero attached hydrogens (tertiary/aromatic N) is 3. The molecule has 1 saturated heterocycles. The first-order chi connectivity index (χ1) is 8.83. The minimum atomic E-state index is -3.44. The van der Waals surface area contributed by atoms with E-state index in [0.717, 1.165) is 0 Å². The third kappa shape index (κ3) is 4.40. The zero-order valence-electron chi connectivity index (χ0n) is 11.7. The van der Waals surface area contributed by atoms with Crippen molar-refractivity contribution in [1.82, 2.24) is 13.9 Å². The highest BCUT2D eigenvalue weighted by Gasteiger charge is 2.33. The van der Waals surface area contributed by atoms with Gasteiger partial charge in [-0.15, -0.1) is 0 Å². The average molecular weight is 290 g/mol. The molecule has 110 valence electrons. The minimum Gasteiger partial charge on any atom is -0.383 e. The highest BCUT2D eigenvalue weighted by molar-refractivity contribution is 7.87. The largest absolute Gasteiger partial charge is 0.383 e. The summed E-state index contributed by atoms with van der Waals surface area (Å²) in [5.41, 5.74) is -0.556. The van der Waals surface area contributed by atoms with Crippen LogP contribution in [-0.2, 0) is 14.9 Å². The Labute approximate surface area is 115 Å². The van der Waals surface area contributed by atoms with E-state index in [0.29, 0.717) is 32.8 Å². The maximum Gasteiger partial charge on any atom is 0.279 e. The smallest absolute Gasteiger partial charge is 0.279 e. The van der Waals surface area contributed by atoms with Crippen molar-refractivity contribution in [2.24, 2.45) is 0 Å². The predicted octanol–water partition coefficient (Wildman–Crippen LogP) is -0.613. The van der Waals surface area contributed by atoms with Gasteiger partial charge in [0.05, 0.1) is 12.7 Å². The topological polar surface area (TPSA) is 85.7 Å². The molecule has 0 aliphatic carbocycles. The van der Waals surface area contributed by atoms with Crippen LogP contribution in [0.1, 0.15) is 13.8 Å². The first-order valence-corrected chi connectivity index (χ1v) is 7.67. The second kappa shape index (κ2) is 6.63. The lowest BCUT2D eigenvalue weighted by molar-refractivity contribution is 0.115. The Hall–Kier alpha value is -0.720. The zero-order valence-corrected chi connectivity index (χ0v) is 12.5. The Kier molecular flexibility index (Phi) is 5.70. The first kappa shape index (κ1) is 16.3. The van der Waals surface area contributed by atoms with Crippen molar-refractivity contribution >= 4 is 10.2 Å². The molecule has 8 heteroatoms. The molecular weight excluding hydrogens is 268 g/mol. The fourth-order valence-electron chi connectivity index (χ4n) is 1.92. The summed E-state index contributed by atoms with van der Waals surface area (Å²) in [5.74, 6) is 0. The quantitative estimate of drug-likeness (QED) is 0.659. The number of ether oxygens (including phenoxy) is 1. The van der Waals surface area contributed by atoms with Crippen molar-refractivity contribution in [3.05, 3.63) is 0 Å². The number of nitriles is 1. The Morgan fingerprint density at radius 2 is 1.89 bits per heavy atom. The summed E-state index contributed by atoms with van der Waals surface area (Å²) in [6.07, 6.45) is 0. The van der Waals surface area contributed by atoms with E-state index in [2.05, 4.69) is 10.8 Å². The Balaban J connectivity index is 2.52. The fraction of sp³-hybridized carbons (Fsp3) is 0.909. The van der Waals surface area contributed by atoms with Crippen LogP contribution in [0.25, 0.3) is 0 Å². The van der Waals surface area contributed by atoms with Crippen molar-refractivity contribution in [1.29, 1.82) is 5.26 Å². The molecule has 1 aliphatic heterocycles. The van der Waals surface area contributed by atoms with Gasteiger partial charge in [-0.05, 0) is 13.8 Å². The second-order valence-electron chi connectivity index (χ2n) is 4.95. The number of hydrogen-bond donors (Lipinski definition) is 1. The van der Waals surface area contributed by atoms with Crippen LogP contribution in [0.4, 0.5) is 0 Å². The SMILES string of the molecule is COCCNS(=O)(=O)N1CCN(C(C)(C)C#N)CC1. The van der Waals surface area contributed by atoms with Gasteiger partial charge in [0.25, 0.3) is 10.2 Å². The highest BCUT2D eigenvalue weighted by Crippen LogP contribution is 2.16. The molecule has 1 fully saturated rings. The monoisotopic (exact) mass is 290 g/mol. The lowest BCUT2D eigenvalue weighted by atomic mass is 10.0. The molecule has 7 nitrogen and oxygen atoms in total. The number of nitrogens with one attached hydrogen (secondary N) is 1. The molecule has 0 radical (unpaired) electrons. The third-order valence-electron chi connectivity index (χ3n) is 3.23. The van der Waals surface area contributed by atoms with Crippen LogP contribution in [-0.4, -0.2) is 69.6 Å². The van der Waals surface area contributed by atoms with Gasteiger partial charge in [0.1, 0.15) is 5.54 Å². The van der Waals surface area contributed by atoms with E-state index in [1.165, 1.54) is 11.4 Å². The zero-order chi connectivity index (χ0) is 14.5. The standard InChI is InChI=1S/C11H22N4O3S/c1-11(2,10-12)14-5-7-15(8-6-14)19(16,17)13-4-9-18-3/h13H,4-9H2,1-3H3. The molecule has 0 atom stereocenters. The second-order valence-corrected chi connectivity index (χ2v) is 6.70. The van der Waals surface area contributed by atoms with Gasteiger partial charge in [-0.2, -0.15) is 22.7 Å². The lowest BCUT2D eigenvalue weighted by Crippen LogP contribution is -2.57. The van der Waals surface area contributed by atoms with Crippen LogP contribution < -0.4 is 4.72 Å². The van der Waals surface area contributed by atoms with E-state index < -0.39 is 15.7 Å². The Morgan fingerprint density at radius 1 is 1.32 bits per heavy atom. The molecule has 1 aliphatic rings. The summed E-state index contributed by atoms with van der Waals surface area (Å²) in [4.78, 5) is 1.99. The summed E-state index contributed by atoms with van der Waals surface area (Å²) in [6, 6.07) is 2.23. The molecular formula is C11H22N4O3S. The van der Waals surface area contributed by atoms with Crippen molar-refractivity contribution < 1.29 is 13.2 Å². The normalized spacial score (nSPS) is 19.3.